The monoisotopic (exact) mass is 626 g/mol. The molecule has 2 aromatic heterocycles. The molecule has 48 heavy (non-hydrogen) atoms. The largest absolute Gasteiger partial charge is 0.508 e. The zero-order valence-corrected chi connectivity index (χ0v) is 25.3. The Morgan fingerprint density at radius 2 is 0.479 bits per heavy atom. The number of hydrogen-bond acceptors (Lipinski definition) is 8. The van der Waals surface area contributed by atoms with Crippen molar-refractivity contribution < 1.29 is 20.4 Å². The summed E-state index contributed by atoms with van der Waals surface area (Å²) in [6.45, 7) is 0. The van der Waals surface area contributed by atoms with Crippen molar-refractivity contribution in [3.8, 4) is 79.2 Å². The molecular formula is C40H26N4O4. The average molecular weight is 627 g/mol. The molecule has 0 spiro atoms. The average Bonchev–Trinajstić information content (AvgIpc) is 3.11. The van der Waals surface area contributed by atoms with Gasteiger partial charge >= 0.3 is 0 Å². The normalized spacial score (nSPS) is 11.2. The first-order chi connectivity index (χ1) is 23.4. The van der Waals surface area contributed by atoms with E-state index in [0.717, 1.165) is 33.4 Å². The van der Waals surface area contributed by atoms with Gasteiger partial charge in [-0.2, -0.15) is 0 Å². The standard InChI is InChI=1S/C40H26N4O4/c45-29-11-1-23(2-12-29)37-39(25-5-15-31(47)16-6-25)43-35-21-27(9-19-33(35)41-37)28-10-20-34-36(22-28)44-40(26-7-17-32(48)18-8-26)38(42-34)24-3-13-30(46)14-4-24/h1-22,45-48H. The van der Waals surface area contributed by atoms with Crippen LogP contribution in [-0.4, -0.2) is 40.4 Å². The Balaban J connectivity index is 1.26. The Bertz CT molecular complexity index is 2290. The quantitative estimate of drug-likeness (QED) is 0.149. The van der Waals surface area contributed by atoms with Gasteiger partial charge < -0.3 is 20.4 Å². The minimum absolute atomic E-state index is 0.157. The van der Waals surface area contributed by atoms with Gasteiger partial charge in [-0.3, -0.25) is 0 Å². The summed E-state index contributed by atoms with van der Waals surface area (Å²) in [6.07, 6.45) is 0. The molecule has 0 aliphatic rings. The van der Waals surface area contributed by atoms with Gasteiger partial charge in [0.1, 0.15) is 23.0 Å². The third-order valence-electron chi connectivity index (χ3n) is 8.22. The lowest BCUT2D eigenvalue weighted by molar-refractivity contribution is 0.475. The topological polar surface area (TPSA) is 132 Å². The van der Waals surface area contributed by atoms with Crippen LogP contribution in [-0.2, 0) is 0 Å². The first-order valence-electron chi connectivity index (χ1n) is 15.2. The Kier molecular flexibility index (Phi) is 6.88. The molecule has 0 radical (unpaired) electrons. The molecule has 8 heteroatoms. The number of aromatic hydroxyl groups is 4. The molecular weight excluding hydrogens is 600 g/mol. The summed E-state index contributed by atoms with van der Waals surface area (Å²) < 4.78 is 0. The van der Waals surface area contributed by atoms with E-state index in [2.05, 4.69) is 0 Å². The Hall–Kier alpha value is -6.80. The van der Waals surface area contributed by atoms with Gasteiger partial charge in [0.2, 0.25) is 0 Å². The smallest absolute Gasteiger partial charge is 0.115 e. The number of benzene rings is 6. The van der Waals surface area contributed by atoms with Crippen molar-refractivity contribution >= 4 is 22.1 Å². The molecule has 6 aromatic carbocycles. The molecule has 2 heterocycles. The molecule has 8 nitrogen and oxygen atoms in total. The summed E-state index contributed by atoms with van der Waals surface area (Å²) in [5.41, 5.74) is 10.4. The number of hydrogen-bond donors (Lipinski definition) is 4. The maximum absolute atomic E-state index is 9.91. The highest BCUT2D eigenvalue weighted by atomic mass is 16.3. The second-order valence-electron chi connectivity index (χ2n) is 11.4. The zero-order valence-electron chi connectivity index (χ0n) is 25.3. The van der Waals surface area contributed by atoms with Crippen molar-refractivity contribution in [2.75, 3.05) is 0 Å². The maximum Gasteiger partial charge on any atom is 0.115 e. The summed E-state index contributed by atoms with van der Waals surface area (Å²) in [5, 5.41) is 39.6. The highest BCUT2D eigenvalue weighted by Crippen LogP contribution is 2.36. The number of aromatic nitrogens is 4. The van der Waals surface area contributed by atoms with Crippen molar-refractivity contribution in [2.45, 2.75) is 0 Å². The summed E-state index contributed by atoms with van der Waals surface area (Å²) in [6, 6.07) is 39.2. The fourth-order valence-corrected chi connectivity index (χ4v) is 5.75. The number of nitrogens with zero attached hydrogens (tertiary/aromatic N) is 4. The van der Waals surface area contributed by atoms with Crippen LogP contribution < -0.4 is 0 Å². The fraction of sp³-hybridized carbons (Fsp3) is 0. The van der Waals surface area contributed by atoms with E-state index in [1.54, 1.807) is 97.1 Å². The van der Waals surface area contributed by atoms with Crippen LogP contribution in [0.15, 0.2) is 133 Å². The second kappa shape index (κ2) is 11.5. The summed E-state index contributed by atoms with van der Waals surface area (Å²) in [5.74, 6) is 0.638. The lowest BCUT2D eigenvalue weighted by Crippen LogP contribution is -1.97. The Morgan fingerprint density at radius 3 is 0.750 bits per heavy atom. The molecule has 0 unspecified atom stereocenters. The van der Waals surface area contributed by atoms with Crippen LogP contribution in [0.2, 0.25) is 0 Å². The number of rotatable bonds is 5. The van der Waals surface area contributed by atoms with E-state index in [1.165, 1.54) is 0 Å². The van der Waals surface area contributed by atoms with Gasteiger partial charge in [0.05, 0.1) is 44.8 Å². The van der Waals surface area contributed by atoms with Gasteiger partial charge in [-0.05, 0) is 132 Å². The highest BCUT2D eigenvalue weighted by Gasteiger charge is 2.17. The van der Waals surface area contributed by atoms with E-state index in [4.69, 9.17) is 19.9 Å². The first-order valence-corrected chi connectivity index (χ1v) is 15.2. The molecule has 8 aromatic rings. The van der Waals surface area contributed by atoms with Crippen molar-refractivity contribution in [2.24, 2.45) is 0 Å². The third kappa shape index (κ3) is 5.37. The number of phenolic OH excluding ortho intramolecular Hbond substituents is 4. The van der Waals surface area contributed by atoms with Crippen LogP contribution >= 0.6 is 0 Å². The molecule has 0 atom stereocenters. The molecule has 0 saturated carbocycles. The first kappa shape index (κ1) is 28.7. The minimum Gasteiger partial charge on any atom is -0.508 e. The molecule has 4 N–H and O–H groups in total. The third-order valence-corrected chi connectivity index (χ3v) is 8.22. The van der Waals surface area contributed by atoms with E-state index < -0.39 is 0 Å². The summed E-state index contributed by atoms with van der Waals surface area (Å²) in [7, 11) is 0. The van der Waals surface area contributed by atoms with E-state index in [-0.39, 0.29) is 23.0 Å². The maximum atomic E-state index is 9.91. The molecule has 0 bridgehead atoms. The zero-order chi connectivity index (χ0) is 32.8. The predicted molar refractivity (Wildman–Crippen MR) is 186 cm³/mol. The minimum atomic E-state index is 0.157. The molecule has 0 aliphatic heterocycles. The van der Waals surface area contributed by atoms with Gasteiger partial charge in [-0.25, -0.2) is 19.9 Å². The van der Waals surface area contributed by atoms with E-state index in [0.29, 0.717) is 44.8 Å². The molecule has 0 saturated heterocycles. The van der Waals surface area contributed by atoms with Gasteiger partial charge in [0.15, 0.2) is 0 Å². The van der Waals surface area contributed by atoms with Gasteiger partial charge in [0, 0.05) is 22.3 Å². The number of fused-ring (bicyclic) bond motifs is 2. The molecule has 0 aliphatic carbocycles. The number of phenols is 4. The van der Waals surface area contributed by atoms with Crippen LogP contribution in [0.5, 0.6) is 23.0 Å². The lowest BCUT2D eigenvalue weighted by Gasteiger charge is -2.13. The van der Waals surface area contributed by atoms with Crippen LogP contribution in [0.3, 0.4) is 0 Å². The van der Waals surface area contributed by atoms with E-state index in [1.807, 2.05) is 36.4 Å². The fourth-order valence-electron chi connectivity index (χ4n) is 5.75. The van der Waals surface area contributed by atoms with Crippen molar-refractivity contribution in [3.05, 3.63) is 133 Å². The van der Waals surface area contributed by atoms with Crippen LogP contribution in [0, 0.1) is 0 Å². The van der Waals surface area contributed by atoms with Crippen LogP contribution in [0.1, 0.15) is 0 Å². The molecule has 0 amide bonds. The van der Waals surface area contributed by atoms with Gasteiger partial charge in [-0.1, -0.05) is 12.1 Å². The van der Waals surface area contributed by atoms with Crippen molar-refractivity contribution in [3.63, 3.8) is 0 Å². The molecule has 8 rings (SSSR count). The Morgan fingerprint density at radius 1 is 0.250 bits per heavy atom. The van der Waals surface area contributed by atoms with Crippen LogP contribution in [0.25, 0.3) is 78.2 Å². The summed E-state index contributed by atoms with van der Waals surface area (Å²) in [4.78, 5) is 20.1. The Labute approximate surface area is 274 Å². The second-order valence-corrected chi connectivity index (χ2v) is 11.4. The van der Waals surface area contributed by atoms with E-state index in [9.17, 15) is 20.4 Å². The van der Waals surface area contributed by atoms with Gasteiger partial charge in [-0.15, -0.1) is 0 Å². The predicted octanol–water partition coefficient (Wildman–Crippen LogP) is 8.73. The lowest BCUT2D eigenvalue weighted by atomic mass is 10.0. The van der Waals surface area contributed by atoms with Gasteiger partial charge in [0.25, 0.3) is 0 Å². The van der Waals surface area contributed by atoms with Crippen molar-refractivity contribution in [1.82, 2.24) is 19.9 Å². The highest BCUT2D eigenvalue weighted by molar-refractivity contribution is 5.92. The van der Waals surface area contributed by atoms with E-state index >= 15 is 0 Å². The molecule has 230 valence electrons. The van der Waals surface area contributed by atoms with Crippen molar-refractivity contribution in [1.29, 1.82) is 0 Å². The summed E-state index contributed by atoms with van der Waals surface area (Å²) >= 11 is 0. The molecule has 0 fully saturated rings. The van der Waals surface area contributed by atoms with Crippen LogP contribution in [0.4, 0.5) is 0 Å². The SMILES string of the molecule is Oc1ccc(-c2nc3ccc(-c4ccc5nc(-c6ccc(O)cc6)c(-c6ccc(O)cc6)nc5c4)cc3nc2-c2ccc(O)cc2)cc1.